The second-order valence-electron chi connectivity index (χ2n) is 4.28. The van der Waals surface area contributed by atoms with Gasteiger partial charge in [0.25, 0.3) is 0 Å². The lowest BCUT2D eigenvalue weighted by atomic mass is 10.0. The van der Waals surface area contributed by atoms with Crippen molar-refractivity contribution in [2.45, 2.75) is 31.8 Å². The Hall–Kier alpha value is -1.40. The molecule has 0 spiro atoms. The predicted molar refractivity (Wildman–Crippen MR) is 61.1 cm³/mol. The summed E-state index contributed by atoms with van der Waals surface area (Å²) in [6.45, 7) is 1.18. The van der Waals surface area contributed by atoms with E-state index < -0.39 is 5.97 Å². The summed E-state index contributed by atoms with van der Waals surface area (Å²) in [4.78, 5) is 15.3. The van der Waals surface area contributed by atoms with Crippen LogP contribution in [0.2, 0.25) is 0 Å². The average Bonchev–Trinajstić information content (AvgIpc) is 2.64. The Morgan fingerprint density at radius 3 is 3.12 bits per heavy atom. The summed E-state index contributed by atoms with van der Waals surface area (Å²) in [5.41, 5.74) is 6.87. The topological polar surface area (TPSA) is 90.4 Å². The van der Waals surface area contributed by atoms with Crippen molar-refractivity contribution in [1.82, 2.24) is 9.55 Å². The highest BCUT2D eigenvalue weighted by molar-refractivity contribution is 5.87. The third-order valence-electron chi connectivity index (χ3n) is 3.05. The van der Waals surface area contributed by atoms with Crippen LogP contribution in [0.4, 0.5) is 0 Å². The molecule has 0 bridgehead atoms. The molecule has 2 heterocycles. The number of aromatic carboxylic acids is 1. The Morgan fingerprint density at radius 1 is 1.71 bits per heavy atom. The number of imidazole rings is 1. The first kappa shape index (κ1) is 12.1. The number of methoxy groups -OCH3 is 1. The fourth-order valence-electron chi connectivity index (χ4n) is 2.21. The van der Waals surface area contributed by atoms with E-state index in [0.29, 0.717) is 26.0 Å². The Balaban J connectivity index is 2.35. The number of ether oxygens (including phenoxy) is 1. The van der Waals surface area contributed by atoms with E-state index in [2.05, 4.69) is 4.98 Å². The molecule has 0 saturated carbocycles. The van der Waals surface area contributed by atoms with Crippen LogP contribution in [0.3, 0.4) is 0 Å². The van der Waals surface area contributed by atoms with Gasteiger partial charge in [-0.3, -0.25) is 0 Å². The fourth-order valence-corrected chi connectivity index (χ4v) is 2.21. The van der Waals surface area contributed by atoms with Gasteiger partial charge in [0.15, 0.2) is 5.69 Å². The summed E-state index contributed by atoms with van der Waals surface area (Å²) >= 11 is 0. The Labute approximate surface area is 99.4 Å². The summed E-state index contributed by atoms with van der Waals surface area (Å²) in [6.07, 6.45) is 2.11. The smallest absolute Gasteiger partial charge is 0.356 e. The van der Waals surface area contributed by atoms with E-state index in [1.807, 2.05) is 4.57 Å². The first-order valence-electron chi connectivity index (χ1n) is 5.69. The molecule has 6 heteroatoms. The maximum absolute atomic E-state index is 11.1. The van der Waals surface area contributed by atoms with E-state index in [9.17, 15) is 4.79 Å². The van der Waals surface area contributed by atoms with Gasteiger partial charge in [0.2, 0.25) is 0 Å². The summed E-state index contributed by atoms with van der Waals surface area (Å²) in [5.74, 6) is -0.206. The Morgan fingerprint density at radius 2 is 2.47 bits per heavy atom. The molecule has 1 aromatic rings. The second kappa shape index (κ2) is 4.85. The largest absolute Gasteiger partial charge is 0.476 e. The number of carboxylic acid groups (broad SMARTS) is 1. The van der Waals surface area contributed by atoms with Gasteiger partial charge in [-0.15, -0.1) is 0 Å². The third kappa shape index (κ3) is 2.32. The molecule has 3 N–H and O–H groups in total. The molecule has 2 rings (SSSR count). The zero-order valence-corrected chi connectivity index (χ0v) is 9.85. The zero-order valence-electron chi connectivity index (χ0n) is 9.85. The van der Waals surface area contributed by atoms with Crippen LogP contribution in [0.25, 0.3) is 0 Å². The lowest BCUT2D eigenvalue weighted by Gasteiger charge is -2.22. The van der Waals surface area contributed by atoms with E-state index in [-0.39, 0.29) is 11.7 Å². The molecule has 1 unspecified atom stereocenters. The molecule has 6 nitrogen and oxygen atoms in total. The van der Waals surface area contributed by atoms with Crippen LogP contribution in [0.5, 0.6) is 0 Å². The van der Waals surface area contributed by atoms with Crippen molar-refractivity contribution in [3.8, 4) is 0 Å². The standard InChI is InChI=1S/C11H17N3O3/c1-17-5-4-9-13-10(11(15)16)8-3-2-7(12)6-14(8)9/h7H,2-6,12H2,1H3,(H,15,16). The molecular weight excluding hydrogens is 222 g/mol. The quantitative estimate of drug-likeness (QED) is 0.774. The van der Waals surface area contributed by atoms with Crippen LogP contribution < -0.4 is 5.73 Å². The van der Waals surface area contributed by atoms with Gasteiger partial charge in [0, 0.05) is 26.1 Å². The van der Waals surface area contributed by atoms with Gasteiger partial charge < -0.3 is 20.1 Å². The van der Waals surface area contributed by atoms with E-state index in [1.165, 1.54) is 0 Å². The average molecular weight is 239 g/mol. The van der Waals surface area contributed by atoms with Gasteiger partial charge in [0.1, 0.15) is 5.82 Å². The first-order chi connectivity index (χ1) is 8.13. The number of rotatable bonds is 4. The van der Waals surface area contributed by atoms with Crippen molar-refractivity contribution in [3.63, 3.8) is 0 Å². The number of hydrogen-bond donors (Lipinski definition) is 2. The SMILES string of the molecule is COCCc1nc(C(=O)O)c2n1CC(N)CC2. The molecule has 1 aliphatic rings. The minimum atomic E-state index is -0.965. The molecule has 0 radical (unpaired) electrons. The predicted octanol–water partition coefficient (Wildman–Crippen LogP) is 0.0437. The molecule has 0 amide bonds. The van der Waals surface area contributed by atoms with Crippen molar-refractivity contribution < 1.29 is 14.6 Å². The van der Waals surface area contributed by atoms with Gasteiger partial charge >= 0.3 is 5.97 Å². The fraction of sp³-hybridized carbons (Fsp3) is 0.636. The summed E-state index contributed by atoms with van der Waals surface area (Å²) in [6, 6.07) is 0.0830. The summed E-state index contributed by atoms with van der Waals surface area (Å²) < 4.78 is 6.94. The van der Waals surface area contributed by atoms with Gasteiger partial charge in [-0.2, -0.15) is 0 Å². The first-order valence-corrected chi connectivity index (χ1v) is 5.69. The normalized spacial score (nSPS) is 19.1. The number of nitrogens with zero attached hydrogens (tertiary/aromatic N) is 2. The number of aromatic nitrogens is 2. The van der Waals surface area contributed by atoms with Crippen molar-refractivity contribution in [2.24, 2.45) is 5.73 Å². The Kier molecular flexibility index (Phi) is 3.44. The summed E-state index contributed by atoms with van der Waals surface area (Å²) in [5, 5.41) is 9.11. The van der Waals surface area contributed by atoms with Gasteiger partial charge in [-0.05, 0) is 12.8 Å². The van der Waals surface area contributed by atoms with Crippen LogP contribution in [0.15, 0.2) is 0 Å². The number of carboxylic acids is 1. The second-order valence-corrected chi connectivity index (χ2v) is 4.28. The van der Waals surface area contributed by atoms with Crippen LogP contribution >= 0.6 is 0 Å². The number of fused-ring (bicyclic) bond motifs is 1. The molecular formula is C11H17N3O3. The van der Waals surface area contributed by atoms with Crippen LogP contribution in [0, 0.1) is 0 Å². The van der Waals surface area contributed by atoms with Crippen LogP contribution in [-0.4, -0.2) is 40.4 Å². The molecule has 17 heavy (non-hydrogen) atoms. The van der Waals surface area contributed by atoms with Crippen molar-refractivity contribution in [1.29, 1.82) is 0 Å². The zero-order chi connectivity index (χ0) is 12.4. The highest BCUT2D eigenvalue weighted by Gasteiger charge is 2.26. The van der Waals surface area contributed by atoms with Crippen LogP contribution in [-0.2, 0) is 24.1 Å². The van der Waals surface area contributed by atoms with Gasteiger partial charge in [0.05, 0.1) is 12.3 Å². The molecule has 1 aliphatic heterocycles. The van der Waals surface area contributed by atoms with E-state index in [0.717, 1.165) is 17.9 Å². The lowest BCUT2D eigenvalue weighted by Crippen LogP contribution is -2.33. The molecule has 0 fully saturated rings. The molecule has 0 aliphatic carbocycles. The van der Waals surface area contributed by atoms with Crippen molar-refractivity contribution in [3.05, 3.63) is 17.2 Å². The minimum absolute atomic E-state index is 0.0830. The molecule has 1 atom stereocenters. The van der Waals surface area contributed by atoms with Crippen molar-refractivity contribution in [2.75, 3.05) is 13.7 Å². The van der Waals surface area contributed by atoms with E-state index in [4.69, 9.17) is 15.6 Å². The Bertz CT molecular complexity index is 428. The van der Waals surface area contributed by atoms with E-state index >= 15 is 0 Å². The van der Waals surface area contributed by atoms with Gasteiger partial charge in [-0.25, -0.2) is 9.78 Å². The molecule has 1 aromatic heterocycles. The maximum atomic E-state index is 11.1. The third-order valence-corrected chi connectivity index (χ3v) is 3.05. The number of hydrogen-bond acceptors (Lipinski definition) is 4. The highest BCUT2D eigenvalue weighted by Crippen LogP contribution is 2.21. The maximum Gasteiger partial charge on any atom is 0.356 e. The minimum Gasteiger partial charge on any atom is -0.476 e. The highest BCUT2D eigenvalue weighted by atomic mass is 16.5. The number of nitrogens with two attached hydrogens (primary N) is 1. The van der Waals surface area contributed by atoms with Crippen molar-refractivity contribution >= 4 is 5.97 Å². The lowest BCUT2D eigenvalue weighted by molar-refractivity contribution is 0.0689. The monoisotopic (exact) mass is 239 g/mol. The van der Waals surface area contributed by atoms with E-state index in [1.54, 1.807) is 7.11 Å². The molecule has 0 aromatic carbocycles. The van der Waals surface area contributed by atoms with Crippen LogP contribution in [0.1, 0.15) is 28.4 Å². The molecule has 0 saturated heterocycles. The molecule has 94 valence electrons. The number of carbonyl (C=O) groups is 1. The summed E-state index contributed by atoms with van der Waals surface area (Å²) in [7, 11) is 1.61. The van der Waals surface area contributed by atoms with Gasteiger partial charge in [-0.1, -0.05) is 0 Å².